The first-order valence-electron chi connectivity index (χ1n) is 8.06. The molecule has 0 radical (unpaired) electrons. The second-order valence-corrected chi connectivity index (χ2v) is 5.71. The maximum Gasteiger partial charge on any atom is 0.319 e. The number of imidazole rings is 1. The average Bonchev–Trinajstić information content (AvgIpc) is 3.15. The minimum absolute atomic E-state index is 0.266. The van der Waals surface area contributed by atoms with Crippen LogP contribution in [0.15, 0.2) is 61.2 Å². The van der Waals surface area contributed by atoms with Gasteiger partial charge in [-0.25, -0.2) is 14.2 Å². The van der Waals surface area contributed by atoms with E-state index in [4.69, 9.17) is 4.74 Å². The fraction of sp³-hybridized carbons (Fsp3) is 0.158. The molecule has 0 saturated heterocycles. The van der Waals surface area contributed by atoms with Gasteiger partial charge in [-0.2, -0.15) is 0 Å². The number of amides is 2. The average molecular weight is 354 g/mol. The summed E-state index contributed by atoms with van der Waals surface area (Å²) < 4.78 is 20.2. The van der Waals surface area contributed by atoms with Crippen LogP contribution in [0.4, 0.5) is 14.9 Å². The number of methoxy groups -OCH3 is 1. The van der Waals surface area contributed by atoms with Crippen LogP contribution in [0.3, 0.4) is 0 Å². The zero-order valence-corrected chi connectivity index (χ0v) is 14.3. The summed E-state index contributed by atoms with van der Waals surface area (Å²) in [5.74, 6) is -0.162. The van der Waals surface area contributed by atoms with Crippen LogP contribution >= 0.6 is 0 Å². The minimum Gasteiger partial charge on any atom is -0.494 e. The van der Waals surface area contributed by atoms with Crippen molar-refractivity contribution in [2.45, 2.75) is 13.1 Å². The van der Waals surface area contributed by atoms with Gasteiger partial charge in [0.15, 0.2) is 0 Å². The number of hydrogen-bond acceptors (Lipinski definition) is 3. The van der Waals surface area contributed by atoms with E-state index in [1.807, 2.05) is 35.0 Å². The van der Waals surface area contributed by atoms with Crippen LogP contribution in [0.25, 0.3) is 0 Å². The lowest BCUT2D eigenvalue weighted by molar-refractivity contribution is 0.251. The van der Waals surface area contributed by atoms with Crippen molar-refractivity contribution >= 4 is 11.7 Å². The highest BCUT2D eigenvalue weighted by molar-refractivity contribution is 5.90. The van der Waals surface area contributed by atoms with Gasteiger partial charge < -0.3 is 19.9 Å². The van der Waals surface area contributed by atoms with Crippen molar-refractivity contribution in [1.82, 2.24) is 14.9 Å². The molecule has 2 aromatic carbocycles. The van der Waals surface area contributed by atoms with E-state index in [0.29, 0.717) is 18.8 Å². The lowest BCUT2D eigenvalue weighted by Gasteiger charge is -2.12. The van der Waals surface area contributed by atoms with Crippen molar-refractivity contribution in [2.75, 3.05) is 12.4 Å². The molecule has 3 aromatic rings. The Kier molecular flexibility index (Phi) is 5.48. The van der Waals surface area contributed by atoms with Gasteiger partial charge in [0, 0.05) is 31.5 Å². The summed E-state index contributed by atoms with van der Waals surface area (Å²) in [5, 5.41) is 5.44. The Balaban J connectivity index is 1.58. The quantitative estimate of drug-likeness (QED) is 0.713. The molecule has 0 bridgehead atoms. The van der Waals surface area contributed by atoms with Gasteiger partial charge in [0.05, 0.1) is 19.1 Å². The Bertz CT molecular complexity index is 881. The summed E-state index contributed by atoms with van der Waals surface area (Å²) in [7, 11) is 1.42. The molecule has 3 rings (SSSR count). The molecule has 0 fully saturated rings. The van der Waals surface area contributed by atoms with E-state index in [-0.39, 0.29) is 5.75 Å². The topological polar surface area (TPSA) is 68.2 Å². The van der Waals surface area contributed by atoms with Gasteiger partial charge in [0.2, 0.25) is 0 Å². The van der Waals surface area contributed by atoms with E-state index in [9.17, 15) is 9.18 Å². The molecule has 0 spiro atoms. The minimum atomic E-state index is -0.428. The van der Waals surface area contributed by atoms with E-state index < -0.39 is 11.8 Å². The third kappa shape index (κ3) is 4.60. The van der Waals surface area contributed by atoms with E-state index in [1.165, 1.54) is 25.3 Å². The number of rotatable bonds is 6. The number of ether oxygens (including phenoxy) is 1. The molecule has 134 valence electrons. The highest BCUT2D eigenvalue weighted by Crippen LogP contribution is 2.24. The lowest BCUT2D eigenvalue weighted by atomic mass is 10.1. The summed E-state index contributed by atoms with van der Waals surface area (Å²) in [4.78, 5) is 16.1. The van der Waals surface area contributed by atoms with Gasteiger partial charge in [0.1, 0.15) is 11.6 Å². The predicted molar refractivity (Wildman–Crippen MR) is 96.6 cm³/mol. The fourth-order valence-electron chi connectivity index (χ4n) is 2.55. The molecule has 0 aliphatic heterocycles. The van der Waals surface area contributed by atoms with Crippen LogP contribution in [-0.2, 0) is 13.1 Å². The van der Waals surface area contributed by atoms with E-state index in [1.54, 1.807) is 12.5 Å². The Hall–Kier alpha value is -3.35. The summed E-state index contributed by atoms with van der Waals surface area (Å²) in [5.41, 5.74) is 2.49. The summed E-state index contributed by atoms with van der Waals surface area (Å²) in [6, 6.07) is 11.5. The first-order chi connectivity index (χ1) is 12.6. The first kappa shape index (κ1) is 17.5. The molecule has 2 N–H and O–H groups in total. The van der Waals surface area contributed by atoms with Gasteiger partial charge >= 0.3 is 6.03 Å². The largest absolute Gasteiger partial charge is 0.494 e. The monoisotopic (exact) mass is 354 g/mol. The maximum absolute atomic E-state index is 13.2. The molecule has 0 saturated carbocycles. The van der Waals surface area contributed by atoms with Crippen LogP contribution < -0.4 is 15.4 Å². The molecular formula is C19H19FN4O2. The van der Waals surface area contributed by atoms with Crippen molar-refractivity contribution < 1.29 is 13.9 Å². The Morgan fingerprint density at radius 2 is 2.08 bits per heavy atom. The lowest BCUT2D eigenvalue weighted by Crippen LogP contribution is -2.28. The van der Waals surface area contributed by atoms with Crippen LogP contribution in [0.5, 0.6) is 5.75 Å². The third-order valence-corrected chi connectivity index (χ3v) is 3.78. The predicted octanol–water partition coefficient (Wildman–Crippen LogP) is 3.40. The molecule has 0 atom stereocenters. The normalized spacial score (nSPS) is 10.4. The number of carbonyl (C=O) groups is 1. The van der Waals surface area contributed by atoms with Gasteiger partial charge in [-0.15, -0.1) is 0 Å². The standard InChI is InChI=1S/C19H19FN4O2/c1-26-18-10-16(20)5-6-17(18)23-19(25)22-11-14-3-2-4-15(9-14)12-24-8-7-21-13-24/h2-10,13H,11-12H2,1H3,(H2,22,23,25). The SMILES string of the molecule is COc1cc(F)ccc1NC(=O)NCc1cccc(Cn2ccnc2)c1. The smallest absolute Gasteiger partial charge is 0.319 e. The van der Waals surface area contributed by atoms with E-state index >= 15 is 0 Å². The molecular weight excluding hydrogens is 335 g/mol. The van der Waals surface area contributed by atoms with Crippen molar-refractivity contribution in [2.24, 2.45) is 0 Å². The number of halogens is 1. The number of nitrogens with zero attached hydrogens (tertiary/aromatic N) is 2. The molecule has 0 aliphatic rings. The van der Waals surface area contributed by atoms with Crippen molar-refractivity contribution in [1.29, 1.82) is 0 Å². The zero-order valence-electron chi connectivity index (χ0n) is 14.3. The number of hydrogen-bond donors (Lipinski definition) is 2. The van der Waals surface area contributed by atoms with Crippen LogP contribution in [-0.4, -0.2) is 22.7 Å². The van der Waals surface area contributed by atoms with Crippen LogP contribution in [0.1, 0.15) is 11.1 Å². The van der Waals surface area contributed by atoms with E-state index in [2.05, 4.69) is 15.6 Å². The van der Waals surface area contributed by atoms with Crippen LogP contribution in [0, 0.1) is 5.82 Å². The number of anilines is 1. The fourth-order valence-corrected chi connectivity index (χ4v) is 2.55. The highest BCUT2D eigenvalue weighted by atomic mass is 19.1. The molecule has 2 amide bonds. The first-order valence-corrected chi connectivity index (χ1v) is 8.06. The molecule has 7 heteroatoms. The van der Waals surface area contributed by atoms with Gasteiger partial charge in [-0.1, -0.05) is 24.3 Å². The van der Waals surface area contributed by atoms with Gasteiger partial charge in [-0.05, 0) is 23.3 Å². The van der Waals surface area contributed by atoms with Crippen molar-refractivity contribution in [3.63, 3.8) is 0 Å². The maximum atomic E-state index is 13.2. The Morgan fingerprint density at radius 3 is 2.85 bits per heavy atom. The summed E-state index contributed by atoms with van der Waals surface area (Å²) in [6.07, 6.45) is 5.39. The molecule has 0 unspecified atom stereocenters. The van der Waals surface area contributed by atoms with Gasteiger partial charge in [0.25, 0.3) is 0 Å². The number of benzene rings is 2. The molecule has 26 heavy (non-hydrogen) atoms. The Morgan fingerprint density at radius 1 is 1.23 bits per heavy atom. The molecule has 1 heterocycles. The zero-order chi connectivity index (χ0) is 18.4. The second kappa shape index (κ2) is 8.15. The highest BCUT2D eigenvalue weighted by Gasteiger charge is 2.08. The molecule has 1 aromatic heterocycles. The number of aromatic nitrogens is 2. The summed E-state index contributed by atoms with van der Waals surface area (Å²) in [6.45, 7) is 1.08. The third-order valence-electron chi connectivity index (χ3n) is 3.78. The molecule has 0 aliphatic carbocycles. The molecule has 6 nitrogen and oxygen atoms in total. The van der Waals surface area contributed by atoms with Crippen molar-refractivity contribution in [3.05, 3.63) is 78.1 Å². The van der Waals surface area contributed by atoms with Gasteiger partial charge in [-0.3, -0.25) is 0 Å². The number of nitrogens with one attached hydrogen (secondary N) is 2. The number of carbonyl (C=O) groups excluding carboxylic acids is 1. The van der Waals surface area contributed by atoms with Crippen LogP contribution in [0.2, 0.25) is 0 Å². The second-order valence-electron chi connectivity index (χ2n) is 5.71. The summed E-state index contributed by atoms with van der Waals surface area (Å²) >= 11 is 0. The Labute approximate surface area is 150 Å². The number of urea groups is 1. The van der Waals surface area contributed by atoms with E-state index in [0.717, 1.165) is 11.1 Å². The van der Waals surface area contributed by atoms with Crippen molar-refractivity contribution in [3.8, 4) is 5.75 Å².